The molecule has 1 aromatic carbocycles. The van der Waals surface area contributed by atoms with Gasteiger partial charge in [0.05, 0.1) is 6.10 Å². The van der Waals surface area contributed by atoms with Crippen molar-refractivity contribution in [1.29, 1.82) is 0 Å². The van der Waals surface area contributed by atoms with Crippen molar-refractivity contribution in [2.24, 2.45) is 11.7 Å². The number of aliphatic hydroxyl groups is 1. The molecule has 1 fully saturated rings. The lowest BCUT2D eigenvalue weighted by Crippen LogP contribution is -2.43. The van der Waals surface area contributed by atoms with Crippen LogP contribution in [0.1, 0.15) is 38.2 Å². The lowest BCUT2D eigenvalue weighted by molar-refractivity contribution is -0.120. The third kappa shape index (κ3) is 4.53. The minimum Gasteiger partial charge on any atom is -0.391 e. The number of carbonyl (C=O) groups is 2. The van der Waals surface area contributed by atoms with Gasteiger partial charge >= 0.3 is 0 Å². The normalized spacial score (nSPS) is 17.6. The van der Waals surface area contributed by atoms with E-state index in [2.05, 4.69) is 10.6 Å². The zero-order chi connectivity index (χ0) is 17.0. The lowest BCUT2D eigenvalue weighted by atomic mass is 10.1. The van der Waals surface area contributed by atoms with Crippen molar-refractivity contribution in [2.45, 2.75) is 51.7 Å². The van der Waals surface area contributed by atoms with Gasteiger partial charge in [0.1, 0.15) is 6.04 Å². The molecular formula is C17H25N3O3. The number of amides is 2. The zero-order valence-corrected chi connectivity index (χ0v) is 13.6. The number of hydrogen-bond acceptors (Lipinski definition) is 4. The fraction of sp³-hybridized carbons (Fsp3) is 0.529. The van der Waals surface area contributed by atoms with Gasteiger partial charge in [-0.2, -0.15) is 0 Å². The molecule has 2 amide bonds. The topological polar surface area (TPSA) is 104 Å². The Balaban J connectivity index is 2.06. The van der Waals surface area contributed by atoms with Gasteiger partial charge in [-0.05, 0) is 44.4 Å². The number of aliphatic hydroxyl groups excluding tert-OH is 1. The Kier molecular flexibility index (Phi) is 5.74. The highest BCUT2D eigenvalue weighted by molar-refractivity contribution is 5.97. The van der Waals surface area contributed by atoms with E-state index in [4.69, 9.17) is 5.73 Å². The van der Waals surface area contributed by atoms with Crippen molar-refractivity contribution < 1.29 is 14.7 Å². The number of carbonyl (C=O) groups excluding carboxylic acids is 2. The van der Waals surface area contributed by atoms with Crippen LogP contribution >= 0.6 is 0 Å². The Morgan fingerprint density at radius 1 is 1.26 bits per heavy atom. The molecule has 1 aliphatic rings. The summed E-state index contributed by atoms with van der Waals surface area (Å²) in [5.41, 5.74) is 7.71. The Labute approximate surface area is 136 Å². The molecule has 2 rings (SSSR count). The SMILES string of the molecule is Cc1ccc(NC(=O)C2CCCC2)cc1NC(=O)[C@@H](N)[C@@H](C)O. The molecule has 1 aromatic rings. The molecule has 1 aliphatic carbocycles. The van der Waals surface area contributed by atoms with Crippen LogP contribution in [0.5, 0.6) is 0 Å². The monoisotopic (exact) mass is 319 g/mol. The summed E-state index contributed by atoms with van der Waals surface area (Å²) in [6.07, 6.45) is 3.14. The molecule has 2 atom stereocenters. The van der Waals surface area contributed by atoms with Gasteiger partial charge in [-0.25, -0.2) is 0 Å². The van der Waals surface area contributed by atoms with Gasteiger partial charge < -0.3 is 21.5 Å². The summed E-state index contributed by atoms with van der Waals surface area (Å²) in [4.78, 5) is 24.1. The van der Waals surface area contributed by atoms with Crippen molar-refractivity contribution in [3.05, 3.63) is 23.8 Å². The van der Waals surface area contributed by atoms with E-state index in [0.29, 0.717) is 11.4 Å². The van der Waals surface area contributed by atoms with E-state index in [0.717, 1.165) is 31.2 Å². The van der Waals surface area contributed by atoms with E-state index in [1.54, 1.807) is 6.07 Å². The quantitative estimate of drug-likeness (QED) is 0.664. The maximum absolute atomic E-state index is 12.2. The van der Waals surface area contributed by atoms with Crippen LogP contribution in [-0.2, 0) is 9.59 Å². The van der Waals surface area contributed by atoms with Gasteiger partial charge in [-0.1, -0.05) is 18.9 Å². The van der Waals surface area contributed by atoms with Crippen LogP contribution in [0.3, 0.4) is 0 Å². The Hall–Kier alpha value is -1.92. The predicted octanol–water partition coefficient (Wildman–Crippen LogP) is 1.77. The fourth-order valence-electron chi connectivity index (χ4n) is 2.70. The van der Waals surface area contributed by atoms with E-state index >= 15 is 0 Å². The Bertz CT molecular complexity index is 580. The minimum absolute atomic E-state index is 0.0318. The second-order valence-corrected chi connectivity index (χ2v) is 6.26. The summed E-state index contributed by atoms with van der Waals surface area (Å²) in [5.74, 6) is -0.343. The van der Waals surface area contributed by atoms with Gasteiger partial charge in [0.15, 0.2) is 0 Å². The molecular weight excluding hydrogens is 294 g/mol. The molecule has 23 heavy (non-hydrogen) atoms. The molecule has 0 spiro atoms. The highest BCUT2D eigenvalue weighted by Gasteiger charge is 2.23. The molecule has 6 heteroatoms. The molecule has 0 heterocycles. The molecule has 5 N–H and O–H groups in total. The summed E-state index contributed by atoms with van der Waals surface area (Å²) in [7, 11) is 0. The predicted molar refractivity (Wildman–Crippen MR) is 90.1 cm³/mol. The van der Waals surface area contributed by atoms with E-state index < -0.39 is 18.1 Å². The van der Waals surface area contributed by atoms with Crippen LogP contribution in [0, 0.1) is 12.8 Å². The smallest absolute Gasteiger partial charge is 0.243 e. The molecule has 0 aliphatic heterocycles. The van der Waals surface area contributed by atoms with Crippen LogP contribution < -0.4 is 16.4 Å². The second kappa shape index (κ2) is 7.57. The van der Waals surface area contributed by atoms with Crippen LogP contribution in [0.4, 0.5) is 11.4 Å². The van der Waals surface area contributed by atoms with Crippen molar-refractivity contribution in [3.63, 3.8) is 0 Å². The third-order valence-corrected chi connectivity index (χ3v) is 4.31. The Morgan fingerprint density at radius 2 is 1.91 bits per heavy atom. The number of benzene rings is 1. The molecule has 126 valence electrons. The number of rotatable bonds is 5. The van der Waals surface area contributed by atoms with Crippen molar-refractivity contribution in [3.8, 4) is 0 Å². The van der Waals surface area contributed by atoms with Crippen molar-refractivity contribution in [1.82, 2.24) is 0 Å². The third-order valence-electron chi connectivity index (χ3n) is 4.31. The van der Waals surface area contributed by atoms with Gasteiger partial charge in [0.25, 0.3) is 0 Å². The summed E-state index contributed by atoms with van der Waals surface area (Å²) < 4.78 is 0. The number of hydrogen-bond donors (Lipinski definition) is 4. The first-order valence-corrected chi connectivity index (χ1v) is 8.04. The standard InChI is InChI=1S/C17H25N3O3/c1-10-7-8-13(19-16(22)12-5-3-4-6-12)9-14(10)20-17(23)15(18)11(2)21/h7-9,11-12,15,21H,3-6,18H2,1-2H3,(H,19,22)(H,20,23)/t11-,15+/m1/s1. The van der Waals surface area contributed by atoms with Gasteiger partial charge in [0, 0.05) is 17.3 Å². The first-order valence-electron chi connectivity index (χ1n) is 8.04. The van der Waals surface area contributed by atoms with Gasteiger partial charge in [0.2, 0.25) is 11.8 Å². The lowest BCUT2D eigenvalue weighted by Gasteiger charge is -2.17. The summed E-state index contributed by atoms with van der Waals surface area (Å²) in [5, 5.41) is 15.0. The molecule has 0 radical (unpaired) electrons. The van der Waals surface area contributed by atoms with Crippen LogP contribution in [0.25, 0.3) is 0 Å². The molecule has 1 saturated carbocycles. The Morgan fingerprint density at radius 3 is 2.52 bits per heavy atom. The van der Waals surface area contributed by atoms with Gasteiger partial charge in [-0.3, -0.25) is 9.59 Å². The first-order chi connectivity index (χ1) is 10.9. The van der Waals surface area contributed by atoms with Gasteiger partial charge in [-0.15, -0.1) is 0 Å². The number of aryl methyl sites for hydroxylation is 1. The molecule has 0 aromatic heterocycles. The number of nitrogens with one attached hydrogen (secondary N) is 2. The minimum atomic E-state index is -0.994. The van der Waals surface area contributed by atoms with Crippen LogP contribution in [-0.4, -0.2) is 29.1 Å². The number of anilines is 2. The highest BCUT2D eigenvalue weighted by atomic mass is 16.3. The van der Waals surface area contributed by atoms with E-state index in [1.807, 2.05) is 19.1 Å². The van der Waals surface area contributed by atoms with Crippen LogP contribution in [0.15, 0.2) is 18.2 Å². The maximum Gasteiger partial charge on any atom is 0.243 e. The van der Waals surface area contributed by atoms with Crippen molar-refractivity contribution in [2.75, 3.05) is 10.6 Å². The average Bonchev–Trinajstić information content (AvgIpc) is 3.04. The maximum atomic E-state index is 12.2. The largest absolute Gasteiger partial charge is 0.391 e. The summed E-state index contributed by atoms with van der Waals surface area (Å²) >= 11 is 0. The zero-order valence-electron chi connectivity index (χ0n) is 13.6. The molecule has 6 nitrogen and oxygen atoms in total. The summed E-state index contributed by atoms with van der Waals surface area (Å²) in [6.45, 7) is 3.32. The average molecular weight is 319 g/mol. The molecule has 0 bridgehead atoms. The molecule has 0 saturated heterocycles. The van der Waals surface area contributed by atoms with E-state index in [9.17, 15) is 14.7 Å². The highest BCUT2D eigenvalue weighted by Crippen LogP contribution is 2.27. The fourth-order valence-corrected chi connectivity index (χ4v) is 2.70. The first kappa shape index (κ1) is 17.4. The van der Waals surface area contributed by atoms with Crippen LogP contribution in [0.2, 0.25) is 0 Å². The second-order valence-electron chi connectivity index (χ2n) is 6.26. The summed E-state index contributed by atoms with van der Waals surface area (Å²) in [6, 6.07) is 4.36. The van der Waals surface area contributed by atoms with E-state index in [1.165, 1.54) is 6.92 Å². The van der Waals surface area contributed by atoms with E-state index in [-0.39, 0.29) is 11.8 Å². The van der Waals surface area contributed by atoms with Crippen molar-refractivity contribution >= 4 is 23.2 Å². The molecule has 0 unspecified atom stereocenters. The number of nitrogens with two attached hydrogens (primary N) is 1.